The zero-order chi connectivity index (χ0) is 14.2. The third-order valence-corrected chi connectivity index (χ3v) is 3.02. The van der Waals surface area contributed by atoms with Crippen LogP contribution in [0.5, 0.6) is 0 Å². The Hall–Kier alpha value is -1.82. The number of fused-ring (bicyclic) bond motifs is 1. The minimum absolute atomic E-state index is 0.288. The number of hydrogen-bond acceptors (Lipinski definition) is 2. The van der Waals surface area contributed by atoms with Crippen molar-refractivity contribution in [1.82, 2.24) is 4.90 Å². The van der Waals surface area contributed by atoms with Gasteiger partial charge in [0.05, 0.1) is 5.56 Å². The molecule has 6 heteroatoms. The monoisotopic (exact) mass is 271 g/mol. The summed E-state index contributed by atoms with van der Waals surface area (Å²) in [4.78, 5) is 12.9. The molecule has 1 aliphatic carbocycles. The molecule has 0 unspecified atom stereocenters. The average Bonchev–Trinajstić information content (AvgIpc) is 2.78. The lowest BCUT2D eigenvalue weighted by Crippen LogP contribution is -2.28. The van der Waals surface area contributed by atoms with Crippen LogP contribution in [0.1, 0.15) is 16.7 Å². The minimum atomic E-state index is -4.39. The van der Waals surface area contributed by atoms with Crippen molar-refractivity contribution in [2.24, 2.45) is 0 Å². The molecule has 102 valence electrons. The number of likely N-dealkylation sites (N-methyl/N-ethyl adjacent to an activating group) is 1. The van der Waals surface area contributed by atoms with Crippen LogP contribution in [0.3, 0.4) is 0 Å². The highest BCUT2D eigenvalue weighted by Gasteiger charge is 2.32. The molecule has 1 N–H and O–H groups in total. The van der Waals surface area contributed by atoms with Crippen LogP contribution in [0.4, 0.5) is 13.2 Å². The van der Waals surface area contributed by atoms with E-state index in [-0.39, 0.29) is 12.3 Å². The molecule has 19 heavy (non-hydrogen) atoms. The highest BCUT2D eigenvalue weighted by atomic mass is 19.4. The van der Waals surface area contributed by atoms with Crippen molar-refractivity contribution >= 4 is 12.0 Å². The maximum absolute atomic E-state index is 12.6. The van der Waals surface area contributed by atoms with Gasteiger partial charge in [0, 0.05) is 19.0 Å². The quantitative estimate of drug-likeness (QED) is 0.836. The zero-order valence-electron chi connectivity index (χ0n) is 10.2. The smallest absolute Gasteiger partial charge is 0.376 e. The lowest BCUT2D eigenvalue weighted by molar-refractivity contribution is -0.137. The molecule has 0 bridgehead atoms. The van der Waals surface area contributed by atoms with E-state index in [2.05, 4.69) is 0 Å². The van der Waals surface area contributed by atoms with Crippen molar-refractivity contribution in [3.63, 3.8) is 0 Å². The molecular formula is C13H12F3NO2. The molecule has 0 saturated heterocycles. The number of hydrogen-bond donors (Lipinski definition) is 1. The van der Waals surface area contributed by atoms with Crippen LogP contribution in [-0.2, 0) is 17.4 Å². The fourth-order valence-corrected chi connectivity index (χ4v) is 1.96. The topological polar surface area (TPSA) is 40.5 Å². The van der Waals surface area contributed by atoms with E-state index in [9.17, 15) is 18.0 Å². The Labute approximate surface area is 108 Å². The van der Waals surface area contributed by atoms with E-state index >= 15 is 0 Å². The van der Waals surface area contributed by atoms with Crippen LogP contribution in [0.25, 0.3) is 6.08 Å². The number of aliphatic hydroxyl groups is 1. The van der Waals surface area contributed by atoms with Crippen LogP contribution in [0, 0.1) is 0 Å². The summed E-state index contributed by atoms with van der Waals surface area (Å²) in [6.45, 7) is -0.430. The molecule has 0 heterocycles. The standard InChI is InChI=1S/C13H12F3NO2/c1-17(7-18)12(19)10-4-8-2-3-11(13(14,15)16)6-9(8)5-10/h2-3,5-6,18H,4,7H2,1H3. The second kappa shape index (κ2) is 4.70. The van der Waals surface area contributed by atoms with Gasteiger partial charge < -0.3 is 10.0 Å². The summed E-state index contributed by atoms with van der Waals surface area (Å²) in [5.41, 5.74) is 0.741. The van der Waals surface area contributed by atoms with Gasteiger partial charge in [-0.05, 0) is 29.3 Å². The molecule has 2 rings (SSSR count). The second-order valence-electron chi connectivity index (χ2n) is 4.40. The Kier molecular flexibility index (Phi) is 3.36. The van der Waals surface area contributed by atoms with Gasteiger partial charge in [0.25, 0.3) is 5.91 Å². The lowest BCUT2D eigenvalue weighted by atomic mass is 10.1. The Bertz CT molecular complexity index is 549. The number of benzene rings is 1. The van der Waals surface area contributed by atoms with Gasteiger partial charge in [0.15, 0.2) is 0 Å². The average molecular weight is 271 g/mol. The molecule has 1 aromatic carbocycles. The first kappa shape index (κ1) is 13.6. The van der Waals surface area contributed by atoms with Gasteiger partial charge in [-0.25, -0.2) is 0 Å². The van der Waals surface area contributed by atoms with Gasteiger partial charge >= 0.3 is 6.18 Å². The lowest BCUT2D eigenvalue weighted by Gasteiger charge is -2.13. The summed E-state index contributed by atoms with van der Waals surface area (Å²) in [5, 5.41) is 8.86. The minimum Gasteiger partial charge on any atom is -0.376 e. The van der Waals surface area contributed by atoms with E-state index in [1.54, 1.807) is 0 Å². The largest absolute Gasteiger partial charge is 0.416 e. The molecule has 0 aliphatic heterocycles. The summed E-state index contributed by atoms with van der Waals surface area (Å²) in [6, 6.07) is 3.43. The predicted octanol–water partition coefficient (Wildman–Crippen LogP) is 2.05. The third kappa shape index (κ3) is 2.63. The van der Waals surface area contributed by atoms with Crippen LogP contribution in [-0.4, -0.2) is 29.7 Å². The molecule has 1 aromatic rings. The maximum Gasteiger partial charge on any atom is 0.416 e. The first-order valence-electron chi connectivity index (χ1n) is 5.60. The second-order valence-corrected chi connectivity index (χ2v) is 4.40. The van der Waals surface area contributed by atoms with Crippen molar-refractivity contribution in [2.75, 3.05) is 13.8 Å². The summed E-state index contributed by atoms with van der Waals surface area (Å²) in [7, 11) is 1.42. The fraction of sp³-hybridized carbons (Fsp3) is 0.308. The summed E-state index contributed by atoms with van der Waals surface area (Å²) in [6.07, 6.45) is -2.66. The summed E-state index contributed by atoms with van der Waals surface area (Å²) >= 11 is 0. The SMILES string of the molecule is CN(CO)C(=O)C1=Cc2cc(C(F)(F)F)ccc2C1. The van der Waals surface area contributed by atoms with E-state index < -0.39 is 18.5 Å². The van der Waals surface area contributed by atoms with Crippen LogP contribution in [0.2, 0.25) is 0 Å². The van der Waals surface area contributed by atoms with Gasteiger partial charge in [-0.1, -0.05) is 6.07 Å². The molecule has 0 atom stereocenters. The molecule has 0 aromatic heterocycles. The molecule has 0 spiro atoms. The van der Waals surface area contributed by atoms with Gasteiger partial charge in [-0.3, -0.25) is 4.79 Å². The Balaban J connectivity index is 2.30. The molecule has 0 radical (unpaired) electrons. The Morgan fingerprint density at radius 2 is 2.11 bits per heavy atom. The zero-order valence-corrected chi connectivity index (χ0v) is 10.2. The molecule has 1 amide bonds. The number of nitrogens with zero attached hydrogens (tertiary/aromatic N) is 1. The van der Waals surface area contributed by atoms with Gasteiger partial charge in [0.1, 0.15) is 6.73 Å². The Morgan fingerprint density at radius 1 is 1.42 bits per heavy atom. The first-order chi connectivity index (χ1) is 8.82. The van der Waals surface area contributed by atoms with Crippen molar-refractivity contribution in [3.8, 4) is 0 Å². The van der Waals surface area contributed by atoms with Crippen LogP contribution >= 0.6 is 0 Å². The highest BCUT2D eigenvalue weighted by molar-refractivity contribution is 6.00. The number of alkyl halides is 3. The van der Waals surface area contributed by atoms with E-state index in [4.69, 9.17) is 5.11 Å². The highest BCUT2D eigenvalue weighted by Crippen LogP contribution is 2.34. The van der Waals surface area contributed by atoms with Gasteiger partial charge in [0.2, 0.25) is 0 Å². The number of amides is 1. The normalized spacial score (nSPS) is 14.1. The third-order valence-electron chi connectivity index (χ3n) is 3.02. The van der Waals surface area contributed by atoms with Crippen LogP contribution in [0.15, 0.2) is 23.8 Å². The van der Waals surface area contributed by atoms with Gasteiger partial charge in [-0.15, -0.1) is 0 Å². The molecule has 0 fully saturated rings. The van der Waals surface area contributed by atoms with E-state index in [1.165, 1.54) is 19.2 Å². The molecule has 0 saturated carbocycles. The Morgan fingerprint density at radius 3 is 2.68 bits per heavy atom. The molecular weight excluding hydrogens is 259 g/mol. The maximum atomic E-state index is 12.6. The van der Waals surface area contributed by atoms with Crippen molar-refractivity contribution in [2.45, 2.75) is 12.6 Å². The predicted molar refractivity (Wildman–Crippen MR) is 63.0 cm³/mol. The van der Waals surface area contributed by atoms with E-state index in [0.717, 1.165) is 17.0 Å². The first-order valence-corrected chi connectivity index (χ1v) is 5.60. The number of halogens is 3. The van der Waals surface area contributed by atoms with Crippen molar-refractivity contribution < 1.29 is 23.1 Å². The number of carbonyl (C=O) groups excluding carboxylic acids is 1. The van der Waals surface area contributed by atoms with Gasteiger partial charge in [-0.2, -0.15) is 13.2 Å². The summed E-state index contributed by atoms with van der Waals surface area (Å²) < 4.78 is 37.7. The van der Waals surface area contributed by atoms with Crippen molar-refractivity contribution in [3.05, 3.63) is 40.5 Å². The summed E-state index contributed by atoms with van der Waals surface area (Å²) in [5.74, 6) is -0.382. The van der Waals surface area contributed by atoms with E-state index in [0.29, 0.717) is 16.7 Å². The van der Waals surface area contributed by atoms with E-state index in [1.807, 2.05) is 0 Å². The fourth-order valence-electron chi connectivity index (χ4n) is 1.96. The van der Waals surface area contributed by atoms with Crippen LogP contribution < -0.4 is 0 Å². The number of carbonyl (C=O) groups is 1. The molecule has 3 nitrogen and oxygen atoms in total. The number of aliphatic hydroxyl groups excluding tert-OH is 1. The molecule has 1 aliphatic rings. The number of rotatable bonds is 2. The van der Waals surface area contributed by atoms with Crippen molar-refractivity contribution in [1.29, 1.82) is 0 Å².